The number of para-hydroxylation sites is 2. The number of fused-ring (bicyclic) bond motifs is 1. The molecule has 3 rings (SSSR count). The number of nitrogens with one attached hydrogen (secondary N) is 2. The maximum absolute atomic E-state index is 12.3. The number of benzene rings is 2. The highest BCUT2D eigenvalue weighted by atomic mass is 16.6. The highest BCUT2D eigenvalue weighted by Crippen LogP contribution is 2.13. The fraction of sp³-hybridized carbons (Fsp3) is 0.118. The summed E-state index contributed by atoms with van der Waals surface area (Å²) in [6.45, 7) is 1.52. The second-order valence-electron chi connectivity index (χ2n) is 5.58. The van der Waals surface area contributed by atoms with E-state index in [-0.39, 0.29) is 11.3 Å². The lowest BCUT2D eigenvalue weighted by molar-refractivity contribution is -0.384. The minimum atomic E-state index is -0.858. The van der Waals surface area contributed by atoms with Gasteiger partial charge in [0.1, 0.15) is 12.4 Å². The molecule has 2 aromatic carbocycles. The van der Waals surface area contributed by atoms with Crippen molar-refractivity contribution >= 4 is 28.5 Å². The molecule has 132 valence electrons. The standard InChI is InChI=1S/C17H15N5O4/c1-11(19-17(24)12-5-4-6-13(9-12)22(25)26)16(23)20-21-10-18-14-7-2-3-8-15(14)21/h2-11H,1H3,(H,19,24)(H,20,23). The molecule has 0 saturated heterocycles. The zero-order chi connectivity index (χ0) is 18.7. The van der Waals surface area contributed by atoms with Crippen molar-refractivity contribution in [3.8, 4) is 0 Å². The summed E-state index contributed by atoms with van der Waals surface area (Å²) >= 11 is 0. The zero-order valence-corrected chi connectivity index (χ0v) is 13.7. The van der Waals surface area contributed by atoms with Gasteiger partial charge in [-0.2, -0.15) is 0 Å². The molecule has 1 aromatic heterocycles. The van der Waals surface area contributed by atoms with E-state index in [0.717, 1.165) is 17.1 Å². The lowest BCUT2D eigenvalue weighted by atomic mass is 10.2. The summed E-state index contributed by atoms with van der Waals surface area (Å²) in [6.07, 6.45) is 1.47. The zero-order valence-electron chi connectivity index (χ0n) is 13.7. The molecule has 2 amide bonds. The van der Waals surface area contributed by atoms with Gasteiger partial charge in [-0.1, -0.05) is 18.2 Å². The molecule has 1 heterocycles. The van der Waals surface area contributed by atoms with Gasteiger partial charge in [-0.3, -0.25) is 25.1 Å². The Morgan fingerprint density at radius 1 is 1.19 bits per heavy atom. The number of amides is 2. The number of nitro benzene ring substituents is 1. The first-order valence-electron chi connectivity index (χ1n) is 7.74. The lowest BCUT2D eigenvalue weighted by Crippen LogP contribution is -2.43. The van der Waals surface area contributed by atoms with E-state index < -0.39 is 22.8 Å². The van der Waals surface area contributed by atoms with Crippen molar-refractivity contribution in [3.63, 3.8) is 0 Å². The van der Waals surface area contributed by atoms with Crippen LogP contribution in [0.5, 0.6) is 0 Å². The molecule has 0 bridgehead atoms. The number of aromatic nitrogens is 2. The fourth-order valence-electron chi connectivity index (χ4n) is 2.37. The van der Waals surface area contributed by atoms with Gasteiger partial charge in [-0.15, -0.1) is 0 Å². The quantitative estimate of drug-likeness (QED) is 0.536. The first-order valence-corrected chi connectivity index (χ1v) is 7.74. The number of hydrogen-bond donors (Lipinski definition) is 2. The van der Waals surface area contributed by atoms with Crippen LogP contribution in [0, 0.1) is 10.1 Å². The van der Waals surface area contributed by atoms with E-state index in [1.165, 1.54) is 36.1 Å². The molecule has 26 heavy (non-hydrogen) atoms. The van der Waals surface area contributed by atoms with E-state index in [2.05, 4.69) is 15.7 Å². The average molecular weight is 353 g/mol. The number of imidazole rings is 1. The molecular formula is C17H15N5O4. The summed E-state index contributed by atoms with van der Waals surface area (Å²) in [5.74, 6) is -1.03. The predicted molar refractivity (Wildman–Crippen MR) is 94.1 cm³/mol. The third kappa shape index (κ3) is 3.51. The van der Waals surface area contributed by atoms with Gasteiger partial charge in [0.25, 0.3) is 17.5 Å². The van der Waals surface area contributed by atoms with Crippen LogP contribution < -0.4 is 10.7 Å². The van der Waals surface area contributed by atoms with Crippen LogP contribution in [0.25, 0.3) is 11.0 Å². The summed E-state index contributed by atoms with van der Waals surface area (Å²) in [7, 11) is 0. The SMILES string of the molecule is CC(NC(=O)c1cccc([N+](=O)[O-])c1)C(=O)Nn1cnc2ccccc21. The summed E-state index contributed by atoms with van der Waals surface area (Å²) in [4.78, 5) is 38.9. The molecule has 0 radical (unpaired) electrons. The fourth-order valence-corrected chi connectivity index (χ4v) is 2.37. The molecule has 0 fully saturated rings. The van der Waals surface area contributed by atoms with E-state index in [0.29, 0.717) is 0 Å². The van der Waals surface area contributed by atoms with Gasteiger partial charge < -0.3 is 5.32 Å². The second kappa shape index (κ2) is 7.01. The highest BCUT2D eigenvalue weighted by Gasteiger charge is 2.19. The number of rotatable bonds is 5. The van der Waals surface area contributed by atoms with Crippen molar-refractivity contribution in [2.45, 2.75) is 13.0 Å². The van der Waals surface area contributed by atoms with Gasteiger partial charge in [0.05, 0.1) is 16.0 Å². The van der Waals surface area contributed by atoms with Crippen molar-refractivity contribution in [3.05, 3.63) is 70.5 Å². The Labute approximate surface area is 147 Å². The van der Waals surface area contributed by atoms with Gasteiger partial charge in [-0.05, 0) is 25.1 Å². The Balaban J connectivity index is 1.68. The number of non-ortho nitro benzene ring substituents is 1. The number of hydrogen-bond acceptors (Lipinski definition) is 5. The van der Waals surface area contributed by atoms with Crippen molar-refractivity contribution < 1.29 is 14.5 Å². The molecule has 3 aromatic rings. The Morgan fingerprint density at radius 2 is 1.96 bits per heavy atom. The van der Waals surface area contributed by atoms with E-state index in [1.54, 1.807) is 6.07 Å². The Kier molecular flexibility index (Phi) is 4.61. The van der Waals surface area contributed by atoms with Crippen LogP contribution in [0.15, 0.2) is 54.9 Å². The highest BCUT2D eigenvalue weighted by molar-refractivity contribution is 5.99. The van der Waals surface area contributed by atoms with Gasteiger partial charge in [0.2, 0.25) is 0 Å². The van der Waals surface area contributed by atoms with Crippen molar-refractivity contribution in [2.24, 2.45) is 0 Å². The van der Waals surface area contributed by atoms with Crippen LogP contribution >= 0.6 is 0 Å². The van der Waals surface area contributed by atoms with E-state index in [1.807, 2.05) is 18.2 Å². The van der Waals surface area contributed by atoms with E-state index >= 15 is 0 Å². The molecular weight excluding hydrogens is 338 g/mol. The number of carbonyl (C=O) groups is 2. The Bertz CT molecular complexity index is 997. The van der Waals surface area contributed by atoms with Crippen LogP contribution in [0.2, 0.25) is 0 Å². The maximum atomic E-state index is 12.3. The molecule has 0 aliphatic rings. The summed E-state index contributed by atoms with van der Waals surface area (Å²) in [5, 5.41) is 13.3. The number of carbonyl (C=O) groups excluding carboxylic acids is 2. The molecule has 0 aliphatic heterocycles. The maximum Gasteiger partial charge on any atom is 0.270 e. The van der Waals surface area contributed by atoms with E-state index in [9.17, 15) is 19.7 Å². The topological polar surface area (TPSA) is 119 Å². The van der Waals surface area contributed by atoms with Crippen LogP contribution in [0.1, 0.15) is 17.3 Å². The minimum Gasteiger partial charge on any atom is -0.340 e. The summed E-state index contributed by atoms with van der Waals surface area (Å²) in [6, 6.07) is 11.7. The largest absolute Gasteiger partial charge is 0.340 e. The van der Waals surface area contributed by atoms with Crippen molar-refractivity contribution in [2.75, 3.05) is 5.43 Å². The Morgan fingerprint density at radius 3 is 2.73 bits per heavy atom. The number of nitro groups is 1. The van der Waals surface area contributed by atoms with Crippen LogP contribution in [0.4, 0.5) is 5.69 Å². The molecule has 9 nitrogen and oxygen atoms in total. The molecule has 9 heteroatoms. The van der Waals surface area contributed by atoms with Crippen molar-refractivity contribution in [1.82, 2.24) is 15.0 Å². The summed E-state index contributed by atoms with van der Waals surface area (Å²) in [5.41, 5.74) is 4.00. The molecule has 0 spiro atoms. The van der Waals surface area contributed by atoms with Crippen LogP contribution in [0.3, 0.4) is 0 Å². The van der Waals surface area contributed by atoms with Crippen LogP contribution in [-0.4, -0.2) is 32.4 Å². The van der Waals surface area contributed by atoms with Gasteiger partial charge >= 0.3 is 0 Å². The molecule has 1 unspecified atom stereocenters. The van der Waals surface area contributed by atoms with E-state index in [4.69, 9.17) is 0 Å². The molecule has 0 saturated carbocycles. The number of nitrogens with zero attached hydrogens (tertiary/aromatic N) is 3. The third-order valence-corrected chi connectivity index (χ3v) is 3.74. The monoisotopic (exact) mass is 353 g/mol. The van der Waals surface area contributed by atoms with Crippen LogP contribution in [-0.2, 0) is 4.79 Å². The Hall–Kier alpha value is -3.75. The molecule has 2 N–H and O–H groups in total. The first kappa shape index (κ1) is 17.1. The summed E-state index contributed by atoms with van der Waals surface area (Å²) < 4.78 is 1.47. The van der Waals surface area contributed by atoms with Gasteiger partial charge in [0.15, 0.2) is 0 Å². The average Bonchev–Trinajstić information content (AvgIpc) is 3.04. The smallest absolute Gasteiger partial charge is 0.270 e. The van der Waals surface area contributed by atoms with Crippen molar-refractivity contribution in [1.29, 1.82) is 0 Å². The molecule has 0 aliphatic carbocycles. The first-order chi connectivity index (χ1) is 12.5. The van der Waals surface area contributed by atoms with Gasteiger partial charge in [-0.25, -0.2) is 9.66 Å². The lowest BCUT2D eigenvalue weighted by Gasteiger charge is -2.15. The normalized spacial score (nSPS) is 11.7. The second-order valence-corrected chi connectivity index (χ2v) is 5.58. The van der Waals surface area contributed by atoms with Gasteiger partial charge in [0, 0.05) is 17.7 Å². The molecule has 1 atom stereocenters. The predicted octanol–water partition coefficient (Wildman–Crippen LogP) is 1.83. The minimum absolute atomic E-state index is 0.104. The third-order valence-electron chi connectivity index (χ3n) is 3.74.